The summed E-state index contributed by atoms with van der Waals surface area (Å²) >= 11 is 6.10. The van der Waals surface area contributed by atoms with Gasteiger partial charge in [0.05, 0.1) is 32.4 Å². The number of hydrogen-bond donors (Lipinski definition) is 1. The van der Waals surface area contributed by atoms with Gasteiger partial charge in [0, 0.05) is 22.2 Å². The highest BCUT2D eigenvalue weighted by Gasteiger charge is 2.45. The molecule has 0 saturated carbocycles. The first-order valence-corrected chi connectivity index (χ1v) is 12.2. The molecule has 1 unspecified atom stereocenters. The van der Waals surface area contributed by atoms with E-state index in [-0.39, 0.29) is 11.3 Å². The van der Waals surface area contributed by atoms with E-state index in [1.165, 1.54) is 19.1 Å². The number of nitrogens with zero attached hydrogens (tertiary/aromatic N) is 1. The summed E-state index contributed by atoms with van der Waals surface area (Å²) in [5.74, 6) is -0.663. The topological polar surface area (TPSA) is 98.4 Å². The molecule has 0 fully saturated rings. The smallest absolute Gasteiger partial charge is 0.294 e. The molecule has 38 heavy (non-hydrogen) atoms. The molecule has 9 heteroatoms. The number of ether oxygens (including phenoxy) is 3. The summed E-state index contributed by atoms with van der Waals surface area (Å²) in [5, 5.41) is 12.2. The molecule has 1 atom stereocenters. The molecule has 0 radical (unpaired) electrons. The van der Waals surface area contributed by atoms with Crippen molar-refractivity contribution in [3.05, 3.63) is 94.4 Å². The molecule has 1 amide bonds. The van der Waals surface area contributed by atoms with E-state index in [0.29, 0.717) is 51.1 Å². The lowest BCUT2D eigenvalue weighted by atomic mass is 9.94. The van der Waals surface area contributed by atoms with E-state index in [4.69, 9.17) is 30.2 Å². The maximum absolute atomic E-state index is 13.9. The van der Waals surface area contributed by atoms with Crippen LogP contribution in [-0.4, -0.2) is 37.6 Å². The number of carbonyl (C=O) groups excluding carboxylic acids is 2. The fraction of sp³-hybridized carbons (Fsp3) is 0.172. The maximum atomic E-state index is 13.9. The van der Waals surface area contributed by atoms with Crippen LogP contribution in [0.3, 0.4) is 0 Å². The Morgan fingerprint density at radius 1 is 1.03 bits per heavy atom. The van der Waals surface area contributed by atoms with Crippen molar-refractivity contribution in [1.29, 1.82) is 0 Å². The minimum absolute atomic E-state index is 0.0352. The van der Waals surface area contributed by atoms with Gasteiger partial charge in [-0.25, -0.2) is 0 Å². The van der Waals surface area contributed by atoms with Crippen LogP contribution >= 0.6 is 11.6 Å². The molecule has 194 valence electrons. The van der Waals surface area contributed by atoms with Crippen molar-refractivity contribution >= 4 is 39.9 Å². The third-order valence-corrected chi connectivity index (χ3v) is 6.52. The lowest BCUT2D eigenvalue weighted by Gasteiger charge is -2.27. The number of rotatable bonds is 8. The molecular formula is C29H24ClNO7. The summed E-state index contributed by atoms with van der Waals surface area (Å²) in [7, 11) is 3.00. The third kappa shape index (κ3) is 4.33. The van der Waals surface area contributed by atoms with Gasteiger partial charge >= 0.3 is 0 Å². The number of halogens is 1. The van der Waals surface area contributed by atoms with Gasteiger partial charge in [0.15, 0.2) is 23.0 Å². The van der Waals surface area contributed by atoms with E-state index >= 15 is 0 Å². The standard InChI is InChI=1S/C29H24ClNO7/c1-4-37-20-7-5-6-19(15-20)31-26(16-8-10-22(35-2)23(13-16)36-3)25(28(33)29(31)34)27(32)24-14-17-12-18(30)9-11-21(17)38-24/h5-15,26,33H,4H2,1-3H3. The number of fused-ring (bicyclic) bond motifs is 1. The second-order valence-electron chi connectivity index (χ2n) is 8.51. The average molecular weight is 534 g/mol. The van der Waals surface area contributed by atoms with Gasteiger partial charge in [-0.05, 0) is 61.0 Å². The van der Waals surface area contributed by atoms with Gasteiger partial charge in [0.25, 0.3) is 5.91 Å². The van der Waals surface area contributed by atoms with Crippen LogP contribution < -0.4 is 19.1 Å². The van der Waals surface area contributed by atoms with Gasteiger partial charge in [0.1, 0.15) is 11.3 Å². The molecule has 1 N–H and O–H groups in total. The minimum atomic E-state index is -0.997. The van der Waals surface area contributed by atoms with Crippen LogP contribution in [0.2, 0.25) is 5.02 Å². The van der Waals surface area contributed by atoms with E-state index in [1.54, 1.807) is 66.7 Å². The van der Waals surface area contributed by atoms with Crippen LogP contribution in [0.25, 0.3) is 11.0 Å². The average Bonchev–Trinajstić information content (AvgIpc) is 3.46. The summed E-state index contributed by atoms with van der Waals surface area (Å²) in [6, 6.07) is 17.5. The van der Waals surface area contributed by atoms with Gasteiger partial charge in [-0.3, -0.25) is 14.5 Å². The zero-order valence-electron chi connectivity index (χ0n) is 20.9. The normalized spacial score (nSPS) is 15.3. The highest BCUT2D eigenvalue weighted by molar-refractivity contribution is 6.31. The molecule has 3 aromatic carbocycles. The van der Waals surface area contributed by atoms with Crippen LogP contribution in [0.1, 0.15) is 29.1 Å². The first-order valence-electron chi connectivity index (χ1n) is 11.8. The third-order valence-electron chi connectivity index (χ3n) is 6.29. The number of amides is 1. The molecule has 4 aromatic rings. The van der Waals surface area contributed by atoms with Crippen molar-refractivity contribution in [2.24, 2.45) is 0 Å². The Hall–Kier alpha value is -4.43. The van der Waals surface area contributed by atoms with Gasteiger partial charge in [0.2, 0.25) is 5.78 Å². The van der Waals surface area contributed by atoms with Crippen LogP contribution in [0.5, 0.6) is 17.2 Å². The maximum Gasteiger partial charge on any atom is 0.294 e. The quantitative estimate of drug-likeness (QED) is 0.266. The molecule has 0 aliphatic carbocycles. The first kappa shape index (κ1) is 25.2. The lowest BCUT2D eigenvalue weighted by molar-refractivity contribution is -0.117. The zero-order chi connectivity index (χ0) is 27.0. The number of aliphatic hydroxyl groups excluding tert-OH is 1. The van der Waals surface area contributed by atoms with Crippen molar-refractivity contribution in [2.45, 2.75) is 13.0 Å². The number of benzene rings is 3. The predicted molar refractivity (Wildman–Crippen MR) is 143 cm³/mol. The summed E-state index contributed by atoms with van der Waals surface area (Å²) in [6.45, 7) is 2.28. The molecule has 0 saturated heterocycles. The molecule has 1 aromatic heterocycles. The summed E-state index contributed by atoms with van der Waals surface area (Å²) in [6.07, 6.45) is 0. The number of anilines is 1. The van der Waals surface area contributed by atoms with Crippen LogP contribution in [0.4, 0.5) is 5.69 Å². The zero-order valence-corrected chi connectivity index (χ0v) is 21.6. The molecule has 2 heterocycles. The van der Waals surface area contributed by atoms with Crippen molar-refractivity contribution in [3.8, 4) is 17.2 Å². The number of hydrogen-bond acceptors (Lipinski definition) is 7. The number of aliphatic hydroxyl groups is 1. The first-order chi connectivity index (χ1) is 18.4. The highest BCUT2D eigenvalue weighted by atomic mass is 35.5. The second kappa shape index (κ2) is 10.1. The Labute approximate surface area is 223 Å². The Bertz CT molecular complexity index is 1590. The highest BCUT2D eigenvalue weighted by Crippen LogP contribution is 2.44. The number of furan rings is 1. The van der Waals surface area contributed by atoms with E-state index in [1.807, 2.05) is 6.92 Å². The van der Waals surface area contributed by atoms with Gasteiger partial charge in [-0.2, -0.15) is 0 Å². The Balaban J connectivity index is 1.67. The van der Waals surface area contributed by atoms with Gasteiger partial charge in [-0.1, -0.05) is 23.7 Å². The lowest BCUT2D eigenvalue weighted by Crippen LogP contribution is -2.31. The largest absolute Gasteiger partial charge is 0.503 e. The number of methoxy groups -OCH3 is 2. The van der Waals surface area contributed by atoms with Gasteiger partial charge in [-0.15, -0.1) is 0 Å². The van der Waals surface area contributed by atoms with Crippen LogP contribution in [0, 0.1) is 0 Å². The molecule has 8 nitrogen and oxygen atoms in total. The van der Waals surface area contributed by atoms with E-state index < -0.39 is 23.5 Å². The van der Waals surface area contributed by atoms with Crippen molar-refractivity contribution in [3.63, 3.8) is 0 Å². The fourth-order valence-electron chi connectivity index (χ4n) is 4.59. The van der Waals surface area contributed by atoms with E-state index in [0.717, 1.165) is 0 Å². The number of carbonyl (C=O) groups is 2. The fourth-order valence-corrected chi connectivity index (χ4v) is 4.77. The summed E-state index contributed by atoms with van der Waals surface area (Å²) in [4.78, 5) is 28.7. The molecular weight excluding hydrogens is 510 g/mol. The summed E-state index contributed by atoms with van der Waals surface area (Å²) in [5.41, 5.74) is 1.27. The minimum Gasteiger partial charge on any atom is -0.503 e. The predicted octanol–water partition coefficient (Wildman–Crippen LogP) is 6.29. The van der Waals surface area contributed by atoms with Crippen LogP contribution in [0.15, 0.2) is 82.5 Å². The van der Waals surface area contributed by atoms with Crippen molar-refractivity contribution in [1.82, 2.24) is 0 Å². The SMILES string of the molecule is CCOc1cccc(N2C(=O)C(O)=C(C(=O)c3cc4cc(Cl)ccc4o3)C2c2ccc(OC)c(OC)c2)c1. The summed E-state index contributed by atoms with van der Waals surface area (Å²) < 4.78 is 22.2. The number of Topliss-reactive ketones (excluding diaryl/α,β-unsaturated/α-hetero) is 1. The molecule has 1 aliphatic heterocycles. The van der Waals surface area contributed by atoms with E-state index in [2.05, 4.69) is 0 Å². The monoisotopic (exact) mass is 533 g/mol. The Morgan fingerprint density at radius 3 is 2.55 bits per heavy atom. The molecule has 1 aliphatic rings. The van der Waals surface area contributed by atoms with Crippen LogP contribution in [-0.2, 0) is 4.79 Å². The Morgan fingerprint density at radius 2 is 1.82 bits per heavy atom. The molecule has 5 rings (SSSR count). The van der Waals surface area contributed by atoms with E-state index in [9.17, 15) is 14.7 Å². The van der Waals surface area contributed by atoms with Crippen molar-refractivity contribution in [2.75, 3.05) is 25.7 Å². The Kier molecular flexibility index (Phi) is 6.73. The molecule has 0 bridgehead atoms. The second-order valence-corrected chi connectivity index (χ2v) is 8.94. The number of ketones is 1. The van der Waals surface area contributed by atoms with Crippen molar-refractivity contribution < 1.29 is 33.3 Å². The van der Waals surface area contributed by atoms with Gasteiger partial charge < -0.3 is 23.7 Å². The molecule has 0 spiro atoms.